The van der Waals surface area contributed by atoms with Gasteiger partial charge in [-0.1, -0.05) is 57.9 Å². The number of benzene rings is 3. The Morgan fingerprint density at radius 2 is 1.84 bits per heavy atom. The molecule has 3 aromatic carbocycles. The molecule has 2 N–H and O–H groups in total. The first-order valence-corrected chi connectivity index (χ1v) is 12.6. The van der Waals surface area contributed by atoms with Crippen molar-refractivity contribution in [3.05, 3.63) is 98.5 Å². The van der Waals surface area contributed by atoms with Gasteiger partial charge >= 0.3 is 5.97 Å². The van der Waals surface area contributed by atoms with Crippen LogP contribution in [-0.4, -0.2) is 28.5 Å². The quantitative estimate of drug-likeness (QED) is 0.212. The molecule has 4 aromatic rings. The summed E-state index contributed by atoms with van der Waals surface area (Å²) in [7, 11) is 0. The predicted molar refractivity (Wildman–Crippen MR) is 143 cm³/mol. The number of hydrogen-bond donors (Lipinski definition) is 2. The lowest BCUT2D eigenvalue weighted by Crippen LogP contribution is -2.30. The minimum Gasteiger partial charge on any atom is -0.481 e. The molecule has 1 heterocycles. The van der Waals surface area contributed by atoms with Gasteiger partial charge < -0.3 is 10.4 Å². The van der Waals surface area contributed by atoms with Crippen molar-refractivity contribution in [3.8, 4) is 11.3 Å². The number of hydrogen-bond acceptors (Lipinski definition) is 3. The average Bonchev–Trinajstić information content (AvgIpc) is 2.87. The van der Waals surface area contributed by atoms with Crippen molar-refractivity contribution >= 4 is 50.3 Å². The lowest BCUT2D eigenvalue weighted by atomic mass is 9.92. The highest BCUT2D eigenvalue weighted by Gasteiger charge is 2.25. The smallest absolute Gasteiger partial charge is 0.303 e. The van der Waals surface area contributed by atoms with Crippen LogP contribution >= 0.6 is 27.5 Å². The fraction of sp³-hybridized carbons (Fsp3) is 0.179. The number of nitrogens with zero attached hydrogens (tertiary/aromatic N) is 1. The molecule has 0 radical (unpaired) electrons. The first-order chi connectivity index (χ1) is 17.7. The molecule has 0 spiro atoms. The number of amides is 1. The summed E-state index contributed by atoms with van der Waals surface area (Å²) in [5, 5.41) is 12.6. The SMILES string of the molecule is Cc1c(-c2ccccc2)nc2ccc(Br)cc2c1C(=O)NC[C@@H](CCC(=O)O)c1c(Cl)ccc(F)c1F. The van der Waals surface area contributed by atoms with Crippen LogP contribution in [0.1, 0.15) is 40.2 Å². The second kappa shape index (κ2) is 11.4. The highest BCUT2D eigenvalue weighted by molar-refractivity contribution is 9.10. The first kappa shape index (κ1) is 26.7. The second-order valence-corrected chi connectivity index (χ2v) is 9.91. The zero-order chi connectivity index (χ0) is 26.7. The molecule has 0 unspecified atom stereocenters. The number of carbonyl (C=O) groups is 2. The third-order valence-corrected chi connectivity index (χ3v) is 6.99. The molecule has 0 aliphatic carbocycles. The first-order valence-electron chi connectivity index (χ1n) is 11.5. The monoisotopic (exact) mass is 586 g/mol. The number of halogens is 4. The largest absolute Gasteiger partial charge is 0.481 e. The fourth-order valence-corrected chi connectivity index (χ4v) is 5.03. The molecule has 0 aliphatic heterocycles. The van der Waals surface area contributed by atoms with Gasteiger partial charge in [-0.05, 0) is 49.2 Å². The van der Waals surface area contributed by atoms with Crippen molar-refractivity contribution in [2.75, 3.05) is 6.54 Å². The summed E-state index contributed by atoms with van der Waals surface area (Å²) in [4.78, 5) is 29.6. The normalized spacial score (nSPS) is 11.9. The van der Waals surface area contributed by atoms with Crippen LogP contribution in [0.15, 0.2) is 65.1 Å². The highest BCUT2D eigenvalue weighted by atomic mass is 79.9. The summed E-state index contributed by atoms with van der Waals surface area (Å²) in [5.74, 6) is -4.67. The third-order valence-electron chi connectivity index (χ3n) is 6.17. The van der Waals surface area contributed by atoms with Gasteiger partial charge in [0.05, 0.1) is 16.8 Å². The van der Waals surface area contributed by atoms with E-state index in [0.29, 0.717) is 27.7 Å². The van der Waals surface area contributed by atoms with E-state index in [1.807, 2.05) is 36.4 Å². The Kier molecular flexibility index (Phi) is 8.19. The molecular formula is C28H22BrClF2N2O3. The number of nitrogens with one attached hydrogen (secondary N) is 1. The van der Waals surface area contributed by atoms with E-state index in [0.717, 1.165) is 16.1 Å². The minimum absolute atomic E-state index is 0.0376. The van der Waals surface area contributed by atoms with Gasteiger partial charge in [0.25, 0.3) is 5.91 Å². The predicted octanol–water partition coefficient (Wildman–Crippen LogP) is 7.28. The van der Waals surface area contributed by atoms with Crippen LogP contribution in [0, 0.1) is 18.6 Å². The van der Waals surface area contributed by atoms with E-state index in [1.54, 1.807) is 19.1 Å². The summed E-state index contributed by atoms with van der Waals surface area (Å²) < 4.78 is 29.5. The van der Waals surface area contributed by atoms with Crippen molar-refractivity contribution in [2.24, 2.45) is 0 Å². The molecule has 1 aromatic heterocycles. The topological polar surface area (TPSA) is 79.3 Å². The summed E-state index contributed by atoms with van der Waals surface area (Å²) in [5.41, 5.74) is 2.96. The van der Waals surface area contributed by atoms with Gasteiger partial charge in [0, 0.05) is 44.9 Å². The number of aliphatic carboxylic acids is 1. The maximum Gasteiger partial charge on any atom is 0.303 e. The van der Waals surface area contributed by atoms with Crippen LogP contribution in [0.3, 0.4) is 0 Å². The summed E-state index contributed by atoms with van der Waals surface area (Å²) in [6.45, 7) is 1.65. The van der Waals surface area contributed by atoms with Crippen LogP contribution in [0.4, 0.5) is 8.78 Å². The summed E-state index contributed by atoms with van der Waals surface area (Å²) >= 11 is 9.62. The Morgan fingerprint density at radius 1 is 1.11 bits per heavy atom. The minimum atomic E-state index is -1.15. The Balaban J connectivity index is 1.74. The molecule has 190 valence electrons. The van der Waals surface area contributed by atoms with Gasteiger partial charge in [0.15, 0.2) is 11.6 Å². The molecule has 1 amide bonds. The highest BCUT2D eigenvalue weighted by Crippen LogP contribution is 2.33. The second-order valence-electron chi connectivity index (χ2n) is 8.58. The van der Waals surface area contributed by atoms with Crippen LogP contribution in [0.5, 0.6) is 0 Å². The molecule has 0 aliphatic rings. The molecule has 0 fully saturated rings. The van der Waals surface area contributed by atoms with Crippen LogP contribution < -0.4 is 5.32 Å². The molecule has 9 heteroatoms. The number of carboxylic acid groups (broad SMARTS) is 1. The van der Waals surface area contributed by atoms with Gasteiger partial charge in [-0.3, -0.25) is 9.59 Å². The van der Waals surface area contributed by atoms with Crippen LogP contribution in [0.2, 0.25) is 5.02 Å². The van der Waals surface area contributed by atoms with Crippen LogP contribution in [-0.2, 0) is 4.79 Å². The number of carboxylic acids is 1. The maximum absolute atomic E-state index is 14.7. The van der Waals surface area contributed by atoms with Crippen molar-refractivity contribution < 1.29 is 23.5 Å². The van der Waals surface area contributed by atoms with E-state index in [-0.39, 0.29) is 30.0 Å². The number of rotatable bonds is 8. The summed E-state index contributed by atoms with van der Waals surface area (Å²) in [6, 6.07) is 17.0. The lowest BCUT2D eigenvalue weighted by Gasteiger charge is -2.21. The van der Waals surface area contributed by atoms with E-state index in [4.69, 9.17) is 16.6 Å². The standard InChI is InChI=1S/C28H22BrClF2N2O3/c1-15-24(19-13-18(29)8-11-22(19)34-27(15)16-5-3-2-4-6-16)28(37)33-14-17(7-12-23(35)36)25-20(30)9-10-21(31)26(25)32/h2-6,8-11,13,17H,7,12,14H2,1H3,(H,33,37)(H,35,36)/t17-/m1/s1. The zero-order valence-corrected chi connectivity index (χ0v) is 22.0. The fourth-order valence-electron chi connectivity index (χ4n) is 4.37. The molecule has 1 atom stereocenters. The van der Waals surface area contributed by atoms with Crippen molar-refractivity contribution in [2.45, 2.75) is 25.7 Å². The van der Waals surface area contributed by atoms with Gasteiger partial charge in [0.2, 0.25) is 0 Å². The van der Waals surface area contributed by atoms with Crippen molar-refractivity contribution in [1.29, 1.82) is 0 Å². The van der Waals surface area contributed by atoms with Gasteiger partial charge in [-0.25, -0.2) is 13.8 Å². The van der Waals surface area contributed by atoms with Gasteiger partial charge in [-0.15, -0.1) is 0 Å². The molecule has 0 saturated heterocycles. The van der Waals surface area contributed by atoms with E-state index in [1.165, 1.54) is 6.07 Å². The zero-order valence-electron chi connectivity index (χ0n) is 19.7. The van der Waals surface area contributed by atoms with E-state index < -0.39 is 29.4 Å². The summed E-state index contributed by atoms with van der Waals surface area (Å²) in [6.07, 6.45) is -0.359. The number of carbonyl (C=O) groups excluding carboxylic acids is 1. The van der Waals surface area contributed by atoms with Crippen molar-refractivity contribution in [1.82, 2.24) is 10.3 Å². The molecule has 4 rings (SSSR count). The Morgan fingerprint density at radius 3 is 2.54 bits per heavy atom. The Labute approximate surface area is 225 Å². The number of aromatic nitrogens is 1. The average molecular weight is 588 g/mol. The number of pyridine rings is 1. The number of fused-ring (bicyclic) bond motifs is 1. The molecular weight excluding hydrogens is 566 g/mol. The van der Waals surface area contributed by atoms with Crippen LogP contribution in [0.25, 0.3) is 22.2 Å². The molecule has 5 nitrogen and oxygen atoms in total. The Bertz CT molecular complexity index is 1500. The third kappa shape index (κ3) is 5.81. The molecule has 0 saturated carbocycles. The Hall–Kier alpha value is -3.36. The van der Waals surface area contributed by atoms with E-state index >= 15 is 0 Å². The van der Waals surface area contributed by atoms with Gasteiger partial charge in [-0.2, -0.15) is 0 Å². The van der Waals surface area contributed by atoms with Crippen molar-refractivity contribution in [3.63, 3.8) is 0 Å². The van der Waals surface area contributed by atoms with E-state index in [9.17, 15) is 23.5 Å². The van der Waals surface area contributed by atoms with Gasteiger partial charge in [0.1, 0.15) is 0 Å². The molecule has 0 bridgehead atoms. The lowest BCUT2D eigenvalue weighted by molar-refractivity contribution is -0.137. The maximum atomic E-state index is 14.7. The van der Waals surface area contributed by atoms with E-state index in [2.05, 4.69) is 21.2 Å². The molecule has 37 heavy (non-hydrogen) atoms.